The smallest absolute Gasteiger partial charge is 0.306 e. The minimum absolute atomic E-state index is 0.0157. The minimum Gasteiger partial charge on any atom is -0.491 e. The Kier molecular flexibility index (Phi) is 10.9. The number of ether oxygens (including phenoxy) is 2. The van der Waals surface area contributed by atoms with Crippen molar-refractivity contribution in [1.29, 1.82) is 0 Å². The van der Waals surface area contributed by atoms with Gasteiger partial charge in [-0.2, -0.15) is 0 Å². The fourth-order valence-electron chi connectivity index (χ4n) is 3.62. The molecule has 0 aromatic heterocycles. The number of benzene rings is 1. The third kappa shape index (κ3) is 9.15. The maximum absolute atomic E-state index is 12.3. The Bertz CT molecular complexity index is 803. The number of hydrogen-bond acceptors (Lipinski definition) is 6. The van der Waals surface area contributed by atoms with E-state index in [1.807, 2.05) is 26.0 Å². The van der Waals surface area contributed by atoms with Crippen molar-refractivity contribution in [3.63, 3.8) is 0 Å². The summed E-state index contributed by atoms with van der Waals surface area (Å²) in [6, 6.07) is 6.90. The zero-order valence-electron chi connectivity index (χ0n) is 18.7. The molecular weight excluding hydrogens is 432 g/mol. The molecule has 0 spiro atoms. The van der Waals surface area contributed by atoms with E-state index in [9.17, 15) is 19.8 Å². The summed E-state index contributed by atoms with van der Waals surface area (Å²) in [7, 11) is 0. The lowest BCUT2D eigenvalue weighted by Crippen LogP contribution is -2.20. The second-order valence-corrected chi connectivity index (χ2v) is 8.72. The van der Waals surface area contributed by atoms with E-state index in [-0.39, 0.29) is 42.7 Å². The Hall–Kier alpha value is -2.15. The van der Waals surface area contributed by atoms with Crippen LogP contribution in [0.5, 0.6) is 5.75 Å². The predicted octanol–water partition coefficient (Wildman–Crippen LogP) is 4.27. The molecule has 1 aromatic rings. The fraction of sp³-hybridized carbons (Fsp3) is 0.520. The van der Waals surface area contributed by atoms with Gasteiger partial charge in [0.1, 0.15) is 24.2 Å². The number of ketones is 1. The van der Waals surface area contributed by atoms with Crippen molar-refractivity contribution in [2.75, 3.05) is 6.61 Å². The first-order chi connectivity index (χ1) is 15.3. The summed E-state index contributed by atoms with van der Waals surface area (Å²) in [5.41, 5.74) is 0. The summed E-state index contributed by atoms with van der Waals surface area (Å²) in [5.74, 6) is -0.312. The SMILES string of the molecule is CC(C)OC(=O)CCCC=CC[C@H]1C(=O)C[C@@H](O)[C@@H]1C=CC(O)COc1cccc(Cl)c1. The highest BCUT2D eigenvalue weighted by molar-refractivity contribution is 6.30. The predicted molar refractivity (Wildman–Crippen MR) is 124 cm³/mol. The molecule has 1 fully saturated rings. The van der Waals surface area contributed by atoms with Gasteiger partial charge in [0, 0.05) is 29.7 Å². The van der Waals surface area contributed by atoms with Crippen molar-refractivity contribution in [1.82, 2.24) is 0 Å². The minimum atomic E-state index is -0.876. The lowest BCUT2D eigenvalue weighted by atomic mass is 9.90. The third-order valence-electron chi connectivity index (χ3n) is 5.18. The molecule has 0 aliphatic heterocycles. The molecule has 0 bridgehead atoms. The second kappa shape index (κ2) is 13.4. The van der Waals surface area contributed by atoms with Gasteiger partial charge in [0.05, 0.1) is 12.2 Å². The van der Waals surface area contributed by atoms with Crippen LogP contribution in [0.1, 0.15) is 46.0 Å². The zero-order chi connectivity index (χ0) is 23.5. The van der Waals surface area contributed by atoms with Gasteiger partial charge >= 0.3 is 5.97 Å². The summed E-state index contributed by atoms with van der Waals surface area (Å²) >= 11 is 5.91. The summed E-state index contributed by atoms with van der Waals surface area (Å²) in [4.78, 5) is 23.8. The molecule has 6 nitrogen and oxygen atoms in total. The monoisotopic (exact) mass is 464 g/mol. The molecule has 1 aliphatic carbocycles. The van der Waals surface area contributed by atoms with Gasteiger partial charge in [-0.05, 0) is 51.3 Å². The number of carbonyl (C=O) groups excluding carboxylic acids is 2. The van der Waals surface area contributed by atoms with Gasteiger partial charge in [-0.1, -0.05) is 42.0 Å². The van der Waals surface area contributed by atoms with Crippen molar-refractivity contribution in [2.24, 2.45) is 11.8 Å². The molecule has 7 heteroatoms. The zero-order valence-corrected chi connectivity index (χ0v) is 19.4. The summed E-state index contributed by atoms with van der Waals surface area (Å²) < 4.78 is 10.6. The van der Waals surface area contributed by atoms with Gasteiger partial charge < -0.3 is 19.7 Å². The molecule has 0 heterocycles. The maximum Gasteiger partial charge on any atom is 0.306 e. The van der Waals surface area contributed by atoms with Crippen LogP contribution < -0.4 is 4.74 Å². The quantitative estimate of drug-likeness (QED) is 0.272. The molecule has 32 heavy (non-hydrogen) atoms. The number of rotatable bonds is 12. The van der Waals surface area contributed by atoms with E-state index in [0.29, 0.717) is 30.0 Å². The number of halogens is 1. The number of carbonyl (C=O) groups is 2. The first kappa shape index (κ1) is 26.1. The number of aliphatic hydroxyl groups is 2. The van der Waals surface area contributed by atoms with Gasteiger partial charge in [0.2, 0.25) is 0 Å². The standard InChI is InChI=1S/C25H33ClO6/c1-17(2)32-25(30)11-6-4-3-5-10-21-22(24(29)15-23(21)28)13-12-19(27)16-31-20-9-7-8-18(26)14-20/h3,5,7-9,12-14,17,19,21-22,24,27,29H,4,6,10-11,15-16H2,1-2H3/t19?,21-,22-,24-/m1/s1. The number of hydrogen-bond donors (Lipinski definition) is 2. The fourth-order valence-corrected chi connectivity index (χ4v) is 3.80. The molecule has 1 unspecified atom stereocenters. The van der Waals surface area contributed by atoms with E-state index >= 15 is 0 Å². The molecule has 1 saturated carbocycles. The van der Waals surface area contributed by atoms with E-state index < -0.39 is 12.2 Å². The van der Waals surface area contributed by atoms with Crippen molar-refractivity contribution in [2.45, 2.75) is 64.3 Å². The molecular formula is C25H33ClO6. The van der Waals surface area contributed by atoms with E-state index in [4.69, 9.17) is 21.1 Å². The Labute approximate surface area is 194 Å². The number of unbranched alkanes of at least 4 members (excludes halogenated alkanes) is 1. The Balaban J connectivity index is 1.79. The number of esters is 1. The van der Waals surface area contributed by atoms with Gasteiger partial charge in [0.25, 0.3) is 0 Å². The molecule has 0 radical (unpaired) electrons. The van der Waals surface area contributed by atoms with Crippen LogP contribution in [0.25, 0.3) is 0 Å². The lowest BCUT2D eigenvalue weighted by molar-refractivity contribution is -0.147. The molecule has 1 aromatic carbocycles. The Morgan fingerprint density at radius 3 is 2.81 bits per heavy atom. The lowest BCUT2D eigenvalue weighted by Gasteiger charge is -2.17. The van der Waals surface area contributed by atoms with Crippen LogP contribution >= 0.6 is 11.6 Å². The van der Waals surface area contributed by atoms with Gasteiger partial charge in [-0.3, -0.25) is 9.59 Å². The van der Waals surface area contributed by atoms with Crippen LogP contribution in [0.15, 0.2) is 48.6 Å². The van der Waals surface area contributed by atoms with Crippen LogP contribution in [0.3, 0.4) is 0 Å². The average molecular weight is 465 g/mol. The molecule has 0 saturated heterocycles. The number of Topliss-reactive ketones (excluding diaryl/α,β-unsaturated/α-hetero) is 1. The third-order valence-corrected chi connectivity index (χ3v) is 5.42. The Morgan fingerprint density at radius 2 is 2.09 bits per heavy atom. The molecule has 4 atom stereocenters. The summed E-state index contributed by atoms with van der Waals surface area (Å²) in [6.45, 7) is 3.68. The molecule has 176 valence electrons. The maximum atomic E-state index is 12.3. The van der Waals surface area contributed by atoms with Crippen molar-refractivity contribution in [3.8, 4) is 5.75 Å². The first-order valence-electron chi connectivity index (χ1n) is 11.1. The van der Waals surface area contributed by atoms with Crippen molar-refractivity contribution in [3.05, 3.63) is 53.6 Å². The molecule has 2 N–H and O–H groups in total. The summed E-state index contributed by atoms with van der Waals surface area (Å²) in [6.07, 6.45) is 7.80. The number of allylic oxidation sites excluding steroid dienone is 2. The summed E-state index contributed by atoms with van der Waals surface area (Å²) in [5, 5.41) is 21.0. The normalized spacial score (nSPS) is 22.2. The van der Waals surface area contributed by atoms with Crippen LogP contribution in [-0.4, -0.2) is 46.9 Å². The molecule has 0 amide bonds. The van der Waals surface area contributed by atoms with Crippen molar-refractivity contribution >= 4 is 23.4 Å². The second-order valence-electron chi connectivity index (χ2n) is 8.28. The highest BCUT2D eigenvalue weighted by atomic mass is 35.5. The van der Waals surface area contributed by atoms with Gasteiger partial charge in [-0.15, -0.1) is 0 Å². The highest BCUT2D eigenvalue weighted by Gasteiger charge is 2.39. The molecule has 1 aliphatic rings. The van der Waals surface area contributed by atoms with E-state index in [1.54, 1.807) is 36.4 Å². The van der Waals surface area contributed by atoms with E-state index in [0.717, 1.165) is 6.42 Å². The molecule has 2 rings (SSSR count). The average Bonchev–Trinajstić information content (AvgIpc) is 2.99. The first-order valence-corrected chi connectivity index (χ1v) is 11.4. The van der Waals surface area contributed by atoms with Crippen LogP contribution in [0.2, 0.25) is 5.02 Å². The van der Waals surface area contributed by atoms with Crippen LogP contribution in [0.4, 0.5) is 0 Å². The van der Waals surface area contributed by atoms with Crippen LogP contribution in [0, 0.1) is 11.8 Å². The van der Waals surface area contributed by atoms with Crippen molar-refractivity contribution < 1.29 is 29.3 Å². The van der Waals surface area contributed by atoms with Gasteiger partial charge in [0.15, 0.2) is 0 Å². The topological polar surface area (TPSA) is 93.1 Å². The van der Waals surface area contributed by atoms with E-state index in [1.165, 1.54) is 0 Å². The number of aliphatic hydroxyl groups excluding tert-OH is 2. The van der Waals surface area contributed by atoms with E-state index in [2.05, 4.69) is 0 Å². The largest absolute Gasteiger partial charge is 0.491 e. The Morgan fingerprint density at radius 1 is 1.31 bits per heavy atom. The highest BCUT2D eigenvalue weighted by Crippen LogP contribution is 2.33. The van der Waals surface area contributed by atoms with Crippen LogP contribution in [-0.2, 0) is 14.3 Å². The van der Waals surface area contributed by atoms with Gasteiger partial charge in [-0.25, -0.2) is 0 Å².